The Bertz CT molecular complexity index is 1170. The molecule has 4 rings (SSSR count). The molecule has 2 fully saturated rings. The number of methoxy groups -OCH3 is 1. The number of carbonyl (C=O) groups is 1. The van der Waals surface area contributed by atoms with Gasteiger partial charge in [-0.1, -0.05) is 12.1 Å². The second kappa shape index (κ2) is 14.1. The number of carbonyl (C=O) groups excluding carboxylic acids is 1. The number of Topliss-reactive ketones (excluding diaryl/α,β-unsaturated/α-hetero) is 1. The smallest absolute Gasteiger partial charge is 0.229 e. The first-order valence-corrected chi connectivity index (χ1v) is 13.3. The fraction of sp³-hybridized carbons (Fsp3) is 0.536. The molecule has 0 radical (unpaired) electrons. The molecule has 8 N–H and O–H groups in total. The third kappa shape index (κ3) is 7.01. The van der Waals surface area contributed by atoms with E-state index in [2.05, 4.69) is 0 Å². The summed E-state index contributed by atoms with van der Waals surface area (Å²) < 4.78 is 27.4. The zero-order chi connectivity index (χ0) is 30.6. The second-order valence-electron chi connectivity index (χ2n) is 10.1. The van der Waals surface area contributed by atoms with Crippen LogP contribution >= 0.6 is 0 Å². The topological polar surface area (TPSA) is 225 Å². The van der Waals surface area contributed by atoms with E-state index in [0.29, 0.717) is 12.2 Å². The number of hydrogen-bond acceptors (Lipinski definition) is 14. The van der Waals surface area contributed by atoms with Gasteiger partial charge in [0.25, 0.3) is 0 Å². The van der Waals surface area contributed by atoms with Crippen molar-refractivity contribution in [1.29, 1.82) is 0 Å². The van der Waals surface area contributed by atoms with Crippen molar-refractivity contribution in [2.24, 2.45) is 0 Å². The fourth-order valence-electron chi connectivity index (χ4n) is 4.68. The van der Waals surface area contributed by atoms with Gasteiger partial charge >= 0.3 is 0 Å². The van der Waals surface area contributed by atoms with E-state index in [1.54, 1.807) is 19.2 Å². The highest BCUT2D eigenvalue weighted by atomic mass is 16.7. The van der Waals surface area contributed by atoms with E-state index in [1.807, 2.05) is 12.1 Å². The average molecular weight is 597 g/mol. The molecule has 14 nitrogen and oxygen atoms in total. The molecule has 0 bridgehead atoms. The predicted octanol–water partition coefficient (Wildman–Crippen LogP) is -2.13. The van der Waals surface area contributed by atoms with Crippen LogP contribution in [0.25, 0.3) is 0 Å². The Labute approximate surface area is 240 Å². The highest BCUT2D eigenvalue weighted by Gasteiger charge is 2.46. The summed E-state index contributed by atoms with van der Waals surface area (Å²) >= 11 is 0. The third-order valence-electron chi connectivity index (χ3n) is 7.25. The van der Waals surface area contributed by atoms with Gasteiger partial charge in [-0.15, -0.1) is 0 Å². The highest BCUT2D eigenvalue weighted by molar-refractivity contribution is 5.99. The Morgan fingerprint density at radius 1 is 0.714 bits per heavy atom. The molecule has 42 heavy (non-hydrogen) atoms. The Morgan fingerprint density at radius 3 is 1.76 bits per heavy atom. The van der Waals surface area contributed by atoms with Crippen molar-refractivity contribution in [1.82, 2.24) is 0 Å². The second-order valence-corrected chi connectivity index (χ2v) is 10.1. The van der Waals surface area contributed by atoms with Crippen molar-refractivity contribution in [3.63, 3.8) is 0 Å². The monoisotopic (exact) mass is 596 g/mol. The standard InChI is InChI=1S/C28H36O14/c1-38-14-5-2-13(3-6-14)4-9-17(31)16-8-7-15(39-27-25(36)23(34)21(32)19(11-29)41-27)10-18(16)40-28-26(37)24(35)22(33)20(12-30)42-28/h2-3,5-8,10,19-30,32-37H,4,9,11-12H2,1H3/t19-,20-,21-,22-,23+,24+,25-,26-,27+,28+/m1/s1. The normalized spacial score (nSPS) is 33.2. The summed E-state index contributed by atoms with van der Waals surface area (Å²) in [6, 6.07) is 11.1. The van der Waals surface area contributed by atoms with Crippen molar-refractivity contribution in [2.45, 2.75) is 74.3 Å². The molecular weight excluding hydrogens is 560 g/mol. The molecule has 0 spiro atoms. The number of aliphatic hydroxyl groups excluding tert-OH is 8. The molecule has 0 amide bonds. The summed E-state index contributed by atoms with van der Waals surface area (Å²) in [4.78, 5) is 13.3. The molecule has 0 aromatic heterocycles. The number of rotatable bonds is 11. The van der Waals surface area contributed by atoms with Crippen LogP contribution in [0.5, 0.6) is 17.2 Å². The molecule has 0 saturated carbocycles. The van der Waals surface area contributed by atoms with Crippen molar-refractivity contribution in [2.75, 3.05) is 20.3 Å². The van der Waals surface area contributed by atoms with Crippen LogP contribution < -0.4 is 14.2 Å². The first-order valence-electron chi connectivity index (χ1n) is 13.3. The number of benzene rings is 2. The molecule has 2 saturated heterocycles. The van der Waals surface area contributed by atoms with E-state index in [0.717, 1.165) is 5.56 Å². The molecule has 2 aliphatic rings. The molecular formula is C28H36O14. The maximum atomic E-state index is 13.3. The van der Waals surface area contributed by atoms with Gasteiger partial charge in [0.2, 0.25) is 12.6 Å². The molecule has 0 unspecified atom stereocenters. The van der Waals surface area contributed by atoms with Gasteiger partial charge in [0, 0.05) is 12.5 Å². The minimum atomic E-state index is -1.76. The lowest BCUT2D eigenvalue weighted by Gasteiger charge is -2.40. The van der Waals surface area contributed by atoms with Crippen LogP contribution in [0.3, 0.4) is 0 Å². The number of aryl methyl sites for hydroxylation is 1. The lowest BCUT2D eigenvalue weighted by atomic mass is 9.99. The SMILES string of the molecule is COc1ccc(CCC(=O)c2ccc(O[C@H]3O[C@H](CO)[C@@H](O)[C@H](O)[C@H]3O)cc2O[C@H]2O[C@H](CO)[C@@H](O)[C@H](O)[C@H]2O)cc1. The van der Waals surface area contributed by atoms with Gasteiger partial charge in [0.1, 0.15) is 66.1 Å². The lowest BCUT2D eigenvalue weighted by molar-refractivity contribution is -0.278. The maximum absolute atomic E-state index is 13.3. The Morgan fingerprint density at radius 2 is 1.24 bits per heavy atom. The van der Waals surface area contributed by atoms with Gasteiger partial charge in [0.05, 0.1) is 25.9 Å². The molecule has 2 heterocycles. The quantitative estimate of drug-likeness (QED) is 0.130. The van der Waals surface area contributed by atoms with Crippen molar-refractivity contribution < 1.29 is 69.3 Å². The first kappa shape index (κ1) is 32.0. The van der Waals surface area contributed by atoms with Crippen molar-refractivity contribution in [3.8, 4) is 17.2 Å². The minimum Gasteiger partial charge on any atom is -0.497 e. The van der Waals surface area contributed by atoms with Crippen LogP contribution in [0, 0.1) is 0 Å². The Balaban J connectivity index is 1.58. The van der Waals surface area contributed by atoms with E-state index in [9.17, 15) is 45.6 Å². The Hall–Kier alpha value is -2.89. The van der Waals surface area contributed by atoms with Crippen LogP contribution in [0.1, 0.15) is 22.3 Å². The van der Waals surface area contributed by atoms with Crippen LogP contribution in [0.15, 0.2) is 42.5 Å². The molecule has 2 aromatic rings. The number of ketones is 1. The number of aliphatic hydroxyl groups is 8. The average Bonchev–Trinajstić information content (AvgIpc) is 3.00. The van der Waals surface area contributed by atoms with Crippen LogP contribution in [0.2, 0.25) is 0 Å². The molecule has 2 aliphatic heterocycles. The predicted molar refractivity (Wildman–Crippen MR) is 141 cm³/mol. The highest BCUT2D eigenvalue weighted by Crippen LogP contribution is 2.33. The zero-order valence-electron chi connectivity index (χ0n) is 22.7. The van der Waals surface area contributed by atoms with Crippen molar-refractivity contribution in [3.05, 3.63) is 53.6 Å². The summed E-state index contributed by atoms with van der Waals surface area (Å²) in [6.07, 6.45) is -15.3. The zero-order valence-corrected chi connectivity index (χ0v) is 22.7. The number of hydrogen-bond donors (Lipinski definition) is 8. The fourth-order valence-corrected chi connectivity index (χ4v) is 4.68. The third-order valence-corrected chi connectivity index (χ3v) is 7.25. The van der Waals surface area contributed by atoms with E-state index in [-0.39, 0.29) is 29.3 Å². The Kier molecular flexibility index (Phi) is 10.7. The molecule has 2 aromatic carbocycles. The lowest BCUT2D eigenvalue weighted by Crippen LogP contribution is -2.60. The molecule has 14 heteroatoms. The summed E-state index contributed by atoms with van der Waals surface area (Å²) in [6.45, 7) is -1.36. The van der Waals surface area contributed by atoms with E-state index >= 15 is 0 Å². The molecule has 0 aliphatic carbocycles. The van der Waals surface area contributed by atoms with Gasteiger partial charge < -0.3 is 64.5 Å². The van der Waals surface area contributed by atoms with E-state index in [4.69, 9.17) is 23.7 Å². The van der Waals surface area contributed by atoms with Crippen LogP contribution in [0.4, 0.5) is 0 Å². The number of ether oxygens (including phenoxy) is 5. The van der Waals surface area contributed by atoms with Gasteiger partial charge in [-0.05, 0) is 36.2 Å². The summed E-state index contributed by atoms with van der Waals surface area (Å²) in [7, 11) is 1.54. The summed E-state index contributed by atoms with van der Waals surface area (Å²) in [5, 5.41) is 80.2. The van der Waals surface area contributed by atoms with Crippen LogP contribution in [-0.4, -0.2) is 128 Å². The largest absolute Gasteiger partial charge is 0.497 e. The van der Waals surface area contributed by atoms with Gasteiger partial charge in [-0.3, -0.25) is 4.79 Å². The molecule has 232 valence electrons. The van der Waals surface area contributed by atoms with Gasteiger partial charge in [-0.25, -0.2) is 0 Å². The van der Waals surface area contributed by atoms with E-state index < -0.39 is 74.6 Å². The van der Waals surface area contributed by atoms with E-state index in [1.165, 1.54) is 18.2 Å². The van der Waals surface area contributed by atoms with Gasteiger partial charge in [-0.2, -0.15) is 0 Å². The maximum Gasteiger partial charge on any atom is 0.229 e. The summed E-state index contributed by atoms with van der Waals surface area (Å²) in [5.41, 5.74) is 0.907. The van der Waals surface area contributed by atoms with Crippen molar-refractivity contribution >= 4 is 5.78 Å². The summed E-state index contributed by atoms with van der Waals surface area (Å²) in [5.74, 6) is 0.0897. The minimum absolute atomic E-state index is 0.0365. The first-order chi connectivity index (χ1) is 20.1. The van der Waals surface area contributed by atoms with Gasteiger partial charge in [0.15, 0.2) is 5.78 Å². The molecule has 10 atom stereocenters. The van der Waals surface area contributed by atoms with Crippen LogP contribution in [-0.2, 0) is 15.9 Å².